The van der Waals surface area contributed by atoms with Crippen molar-refractivity contribution in [3.8, 4) is 27.9 Å². The fourth-order valence-electron chi connectivity index (χ4n) is 4.54. The fraction of sp³-hybridized carbons (Fsp3) is 0.0625. The summed E-state index contributed by atoms with van der Waals surface area (Å²) in [5.41, 5.74) is 8.51. The molecule has 6 aromatic rings. The molecule has 0 saturated carbocycles. The smallest absolute Gasteiger partial charge is 0.0541 e. The van der Waals surface area contributed by atoms with E-state index in [0.717, 1.165) is 10.2 Å². The molecule has 0 aliphatic rings. The Bertz CT molecular complexity index is 1470. The molecule has 5 aromatic carbocycles. The van der Waals surface area contributed by atoms with Crippen LogP contribution in [-0.2, 0) is 0 Å². The zero-order chi connectivity index (χ0) is 23.5. The summed E-state index contributed by atoms with van der Waals surface area (Å²) in [5, 5.41) is 2.53. The van der Waals surface area contributed by atoms with Gasteiger partial charge in [-0.1, -0.05) is 109 Å². The van der Waals surface area contributed by atoms with Gasteiger partial charge in [0.15, 0.2) is 0 Å². The second kappa shape index (κ2) is 9.70. The molecule has 0 fully saturated rings. The van der Waals surface area contributed by atoms with E-state index in [1.807, 2.05) is 13.8 Å². The van der Waals surface area contributed by atoms with E-state index in [0.29, 0.717) is 0 Å². The average Bonchev–Trinajstić information content (AvgIpc) is 3.24. The highest BCUT2D eigenvalue weighted by molar-refractivity contribution is 9.10. The highest BCUT2D eigenvalue weighted by Crippen LogP contribution is 2.37. The van der Waals surface area contributed by atoms with Gasteiger partial charge in [0.1, 0.15) is 0 Å². The van der Waals surface area contributed by atoms with Crippen LogP contribution >= 0.6 is 15.9 Å². The predicted molar refractivity (Wildman–Crippen MR) is 151 cm³/mol. The van der Waals surface area contributed by atoms with E-state index in [1.54, 1.807) is 0 Å². The monoisotopic (exact) mass is 503 g/mol. The van der Waals surface area contributed by atoms with E-state index in [9.17, 15) is 0 Å². The molecule has 1 aromatic heterocycles. The number of fused-ring (bicyclic) bond motifs is 3. The molecule has 0 radical (unpaired) electrons. The van der Waals surface area contributed by atoms with Gasteiger partial charge in [0.25, 0.3) is 0 Å². The molecule has 0 N–H and O–H groups in total. The first kappa shape index (κ1) is 22.2. The van der Waals surface area contributed by atoms with Crippen molar-refractivity contribution in [2.24, 2.45) is 0 Å². The Labute approximate surface area is 209 Å². The Morgan fingerprint density at radius 1 is 0.471 bits per heavy atom. The summed E-state index contributed by atoms with van der Waals surface area (Å²) in [6.07, 6.45) is 0. The van der Waals surface area contributed by atoms with Gasteiger partial charge in [-0.3, -0.25) is 0 Å². The van der Waals surface area contributed by atoms with Crippen LogP contribution in [0.3, 0.4) is 0 Å². The summed E-state index contributed by atoms with van der Waals surface area (Å²) >= 11 is 3.65. The summed E-state index contributed by atoms with van der Waals surface area (Å²) in [5.74, 6) is 0. The Morgan fingerprint density at radius 2 is 0.971 bits per heavy atom. The minimum atomic E-state index is 1.08. The number of aromatic nitrogens is 1. The van der Waals surface area contributed by atoms with Crippen LogP contribution in [0.15, 0.2) is 126 Å². The summed E-state index contributed by atoms with van der Waals surface area (Å²) in [4.78, 5) is 0. The van der Waals surface area contributed by atoms with E-state index in [2.05, 4.69) is 142 Å². The number of hydrogen-bond donors (Lipinski definition) is 0. The highest BCUT2D eigenvalue weighted by Gasteiger charge is 2.14. The van der Waals surface area contributed by atoms with Crippen LogP contribution in [0.25, 0.3) is 49.7 Å². The maximum Gasteiger partial charge on any atom is 0.0541 e. The van der Waals surface area contributed by atoms with E-state index in [-0.39, 0.29) is 0 Å². The lowest BCUT2D eigenvalue weighted by Gasteiger charge is -2.09. The first-order valence-electron chi connectivity index (χ1n) is 11.7. The second-order valence-electron chi connectivity index (χ2n) is 8.01. The highest BCUT2D eigenvalue weighted by atomic mass is 79.9. The van der Waals surface area contributed by atoms with Crippen LogP contribution in [0.2, 0.25) is 0 Å². The average molecular weight is 504 g/mol. The molecule has 0 aliphatic carbocycles. The number of hydrogen-bond acceptors (Lipinski definition) is 0. The third-order valence-corrected chi connectivity index (χ3v) is 6.54. The van der Waals surface area contributed by atoms with Crippen molar-refractivity contribution in [2.45, 2.75) is 13.8 Å². The molecular formula is C32H26BrN. The standard InChI is InChI=1S/C30H20BrN.C2H6/c31-25-12-7-13-26(20-25)32-29-16-14-23(21-8-3-1-4-9-21)18-27(29)28-19-24(15-17-30(28)32)22-10-5-2-6-11-22;1-2/h1-20H;1-2H3. The molecular weight excluding hydrogens is 478 g/mol. The number of nitrogens with zero attached hydrogens (tertiary/aromatic N) is 1. The lowest BCUT2D eigenvalue weighted by atomic mass is 10.0. The van der Waals surface area contributed by atoms with Crippen molar-refractivity contribution in [2.75, 3.05) is 0 Å². The minimum Gasteiger partial charge on any atom is -0.309 e. The largest absolute Gasteiger partial charge is 0.309 e. The van der Waals surface area contributed by atoms with Gasteiger partial charge >= 0.3 is 0 Å². The summed E-state index contributed by atoms with van der Waals surface area (Å²) in [6.45, 7) is 4.00. The molecule has 1 heterocycles. The summed E-state index contributed by atoms with van der Waals surface area (Å²) < 4.78 is 3.44. The van der Waals surface area contributed by atoms with Crippen LogP contribution in [0.5, 0.6) is 0 Å². The van der Waals surface area contributed by atoms with Crippen LogP contribution < -0.4 is 0 Å². The van der Waals surface area contributed by atoms with Crippen molar-refractivity contribution in [1.29, 1.82) is 0 Å². The van der Waals surface area contributed by atoms with Gasteiger partial charge in [-0.2, -0.15) is 0 Å². The molecule has 0 amide bonds. The van der Waals surface area contributed by atoms with E-state index < -0.39 is 0 Å². The molecule has 0 spiro atoms. The second-order valence-corrected chi connectivity index (χ2v) is 8.93. The Hall–Kier alpha value is -3.62. The number of halogens is 1. The SMILES string of the molecule is Brc1cccc(-n2c3ccc(-c4ccccc4)cc3c3cc(-c4ccccc4)ccc32)c1.CC. The van der Waals surface area contributed by atoms with E-state index in [4.69, 9.17) is 0 Å². The normalized spacial score (nSPS) is 10.8. The van der Waals surface area contributed by atoms with Gasteiger partial charge in [0.05, 0.1) is 11.0 Å². The Kier molecular flexibility index (Phi) is 6.33. The molecule has 6 rings (SSSR count). The molecule has 0 bridgehead atoms. The quantitative estimate of drug-likeness (QED) is 0.226. The third-order valence-electron chi connectivity index (χ3n) is 6.05. The fourth-order valence-corrected chi connectivity index (χ4v) is 4.92. The first-order chi connectivity index (χ1) is 16.8. The van der Waals surface area contributed by atoms with E-state index >= 15 is 0 Å². The van der Waals surface area contributed by atoms with Crippen LogP contribution in [0.4, 0.5) is 0 Å². The van der Waals surface area contributed by atoms with Gasteiger partial charge in [0, 0.05) is 20.9 Å². The van der Waals surface area contributed by atoms with Crippen molar-refractivity contribution in [1.82, 2.24) is 4.57 Å². The lowest BCUT2D eigenvalue weighted by Crippen LogP contribution is -1.93. The van der Waals surface area contributed by atoms with Gasteiger partial charge in [-0.25, -0.2) is 0 Å². The van der Waals surface area contributed by atoms with Crippen molar-refractivity contribution < 1.29 is 0 Å². The lowest BCUT2D eigenvalue weighted by molar-refractivity contribution is 1.18. The van der Waals surface area contributed by atoms with Crippen molar-refractivity contribution in [3.63, 3.8) is 0 Å². The summed E-state index contributed by atoms with van der Waals surface area (Å²) in [6, 6.07) is 43.3. The maximum atomic E-state index is 3.65. The Balaban J connectivity index is 0.00000117. The van der Waals surface area contributed by atoms with Gasteiger partial charge in [-0.05, 0) is 64.7 Å². The molecule has 0 unspecified atom stereocenters. The third kappa shape index (κ3) is 4.06. The minimum absolute atomic E-state index is 1.08. The predicted octanol–water partition coefficient (Wildman–Crippen LogP) is 9.91. The van der Waals surface area contributed by atoms with Crippen molar-refractivity contribution >= 4 is 37.7 Å². The zero-order valence-corrected chi connectivity index (χ0v) is 21.0. The van der Waals surface area contributed by atoms with Gasteiger partial charge in [0.2, 0.25) is 0 Å². The molecule has 1 nitrogen and oxygen atoms in total. The first-order valence-corrected chi connectivity index (χ1v) is 12.5. The molecule has 34 heavy (non-hydrogen) atoms. The molecule has 2 heteroatoms. The van der Waals surface area contributed by atoms with E-state index in [1.165, 1.54) is 44.1 Å². The van der Waals surface area contributed by atoms with Crippen LogP contribution in [0.1, 0.15) is 13.8 Å². The topological polar surface area (TPSA) is 4.93 Å². The zero-order valence-electron chi connectivity index (χ0n) is 19.4. The molecule has 0 aliphatic heterocycles. The summed E-state index contributed by atoms with van der Waals surface area (Å²) in [7, 11) is 0. The molecule has 0 atom stereocenters. The van der Waals surface area contributed by atoms with Crippen LogP contribution in [0, 0.1) is 0 Å². The number of rotatable bonds is 3. The molecule has 0 saturated heterocycles. The van der Waals surface area contributed by atoms with Crippen molar-refractivity contribution in [3.05, 3.63) is 126 Å². The van der Waals surface area contributed by atoms with Crippen LogP contribution in [-0.4, -0.2) is 4.57 Å². The molecule has 166 valence electrons. The Morgan fingerprint density at radius 3 is 1.44 bits per heavy atom. The number of benzene rings is 5. The van der Waals surface area contributed by atoms with Gasteiger partial charge in [-0.15, -0.1) is 0 Å². The van der Waals surface area contributed by atoms with Gasteiger partial charge < -0.3 is 4.57 Å². The maximum absolute atomic E-state index is 3.65.